The zero-order valence-corrected chi connectivity index (χ0v) is 21.8. The third-order valence-electron chi connectivity index (χ3n) is 7.47. The van der Waals surface area contributed by atoms with E-state index in [2.05, 4.69) is 30.9 Å². The van der Waals surface area contributed by atoms with Crippen LogP contribution in [0, 0.1) is 0 Å². The van der Waals surface area contributed by atoms with E-state index < -0.39 is 5.54 Å². The number of hydrogen-bond acceptors (Lipinski definition) is 6. The van der Waals surface area contributed by atoms with Gasteiger partial charge in [0.05, 0.1) is 30.3 Å². The molecule has 1 saturated heterocycles. The maximum absolute atomic E-state index is 13.7. The Kier molecular flexibility index (Phi) is 5.91. The second-order valence-electron chi connectivity index (χ2n) is 10.4. The Morgan fingerprint density at radius 3 is 2.42 bits per heavy atom. The third-order valence-corrected chi connectivity index (χ3v) is 7.47. The van der Waals surface area contributed by atoms with E-state index in [4.69, 9.17) is 14.1 Å². The highest BCUT2D eigenvalue weighted by atomic mass is 16.5. The SMILES string of the molecule is COc1ccc(N=C2C(=O)N3c4c(cccc42)C(CN2CCN(C(=O)c4ccco4)CC2)=CC3(C)C)cc1. The minimum Gasteiger partial charge on any atom is -0.497 e. The lowest BCUT2D eigenvalue weighted by molar-refractivity contribution is -0.112. The van der Waals surface area contributed by atoms with Crippen molar-refractivity contribution < 1.29 is 18.7 Å². The number of carbonyl (C=O) groups is 2. The van der Waals surface area contributed by atoms with Crippen molar-refractivity contribution in [2.75, 3.05) is 44.7 Å². The van der Waals surface area contributed by atoms with Crippen LogP contribution in [0.15, 0.2) is 76.3 Å². The van der Waals surface area contributed by atoms with Crippen LogP contribution in [-0.2, 0) is 4.79 Å². The third kappa shape index (κ3) is 4.11. The van der Waals surface area contributed by atoms with Crippen molar-refractivity contribution in [1.82, 2.24) is 9.80 Å². The summed E-state index contributed by atoms with van der Waals surface area (Å²) in [4.78, 5) is 37.2. The first-order chi connectivity index (χ1) is 18.4. The van der Waals surface area contributed by atoms with Gasteiger partial charge in [-0.15, -0.1) is 0 Å². The smallest absolute Gasteiger partial charge is 0.289 e. The van der Waals surface area contributed by atoms with Crippen LogP contribution in [0.5, 0.6) is 5.75 Å². The molecular weight excluding hydrogens is 480 g/mol. The number of rotatable bonds is 5. The van der Waals surface area contributed by atoms with Gasteiger partial charge in [-0.1, -0.05) is 24.3 Å². The molecule has 3 aliphatic rings. The number of aliphatic imine (C=N–C) groups is 1. The minimum atomic E-state index is -0.510. The number of methoxy groups -OCH3 is 1. The summed E-state index contributed by atoms with van der Waals surface area (Å²) in [6.45, 7) is 7.72. The van der Waals surface area contributed by atoms with Crippen LogP contribution < -0.4 is 9.64 Å². The molecule has 4 heterocycles. The molecule has 38 heavy (non-hydrogen) atoms. The Morgan fingerprint density at radius 2 is 1.74 bits per heavy atom. The van der Waals surface area contributed by atoms with Gasteiger partial charge in [-0.2, -0.15) is 0 Å². The van der Waals surface area contributed by atoms with Gasteiger partial charge in [0.15, 0.2) is 5.76 Å². The number of hydrogen-bond donors (Lipinski definition) is 0. The highest BCUT2D eigenvalue weighted by Crippen LogP contribution is 2.46. The summed E-state index contributed by atoms with van der Waals surface area (Å²) >= 11 is 0. The van der Waals surface area contributed by atoms with Crippen LogP contribution in [0.25, 0.3) is 5.57 Å². The van der Waals surface area contributed by atoms with Gasteiger partial charge >= 0.3 is 0 Å². The molecule has 194 valence electrons. The summed E-state index contributed by atoms with van der Waals surface area (Å²) in [6, 6.07) is 16.9. The van der Waals surface area contributed by atoms with E-state index in [1.54, 1.807) is 19.2 Å². The number of carbonyl (C=O) groups excluding carboxylic acids is 2. The quantitative estimate of drug-likeness (QED) is 0.509. The normalized spacial score (nSPS) is 19.5. The molecule has 0 atom stereocenters. The number of furan rings is 1. The second kappa shape index (κ2) is 9.29. The zero-order chi connectivity index (χ0) is 26.4. The Hall–Kier alpha value is -4.17. The molecule has 8 nitrogen and oxygen atoms in total. The molecular formula is C30H30N4O4. The summed E-state index contributed by atoms with van der Waals surface area (Å²) in [7, 11) is 1.62. The van der Waals surface area contributed by atoms with E-state index in [1.165, 1.54) is 11.8 Å². The van der Waals surface area contributed by atoms with Crippen LogP contribution in [0.3, 0.4) is 0 Å². The lowest BCUT2D eigenvalue weighted by atomic mass is 9.88. The first-order valence-electron chi connectivity index (χ1n) is 12.8. The highest BCUT2D eigenvalue weighted by Gasteiger charge is 2.46. The van der Waals surface area contributed by atoms with Crippen LogP contribution in [0.2, 0.25) is 0 Å². The van der Waals surface area contributed by atoms with Gasteiger partial charge in [0, 0.05) is 43.9 Å². The molecule has 0 radical (unpaired) electrons. The lowest BCUT2D eigenvalue weighted by Gasteiger charge is -2.41. The number of nitrogens with zero attached hydrogens (tertiary/aromatic N) is 4. The average molecular weight is 511 g/mol. The molecule has 1 aromatic heterocycles. The number of amides is 2. The summed E-state index contributed by atoms with van der Waals surface area (Å²) < 4.78 is 10.5. The van der Waals surface area contributed by atoms with E-state index in [0.717, 1.165) is 42.2 Å². The van der Waals surface area contributed by atoms with E-state index >= 15 is 0 Å². The fourth-order valence-electron chi connectivity index (χ4n) is 5.61. The van der Waals surface area contributed by atoms with E-state index in [1.807, 2.05) is 46.2 Å². The summed E-state index contributed by atoms with van der Waals surface area (Å²) in [6.07, 6.45) is 3.73. The van der Waals surface area contributed by atoms with Crippen molar-refractivity contribution in [2.45, 2.75) is 19.4 Å². The molecule has 0 saturated carbocycles. The van der Waals surface area contributed by atoms with Crippen molar-refractivity contribution >= 4 is 34.5 Å². The number of piperazine rings is 1. The van der Waals surface area contributed by atoms with E-state index in [-0.39, 0.29) is 11.8 Å². The van der Waals surface area contributed by atoms with Crippen molar-refractivity contribution in [3.8, 4) is 5.75 Å². The van der Waals surface area contributed by atoms with Gasteiger partial charge < -0.3 is 14.1 Å². The minimum absolute atomic E-state index is 0.0635. The Balaban J connectivity index is 1.26. The Bertz CT molecular complexity index is 1450. The van der Waals surface area contributed by atoms with Gasteiger partial charge in [-0.25, -0.2) is 4.99 Å². The average Bonchev–Trinajstić information content (AvgIpc) is 3.55. The summed E-state index contributed by atoms with van der Waals surface area (Å²) in [5.41, 5.74) is 4.69. The highest BCUT2D eigenvalue weighted by molar-refractivity contribution is 6.55. The molecule has 0 bridgehead atoms. The second-order valence-corrected chi connectivity index (χ2v) is 10.4. The molecule has 0 unspecified atom stereocenters. The molecule has 2 aromatic carbocycles. The van der Waals surface area contributed by atoms with Gasteiger partial charge in [0.1, 0.15) is 11.5 Å². The molecule has 0 spiro atoms. The fraction of sp³-hybridized carbons (Fsp3) is 0.300. The lowest BCUT2D eigenvalue weighted by Crippen LogP contribution is -2.50. The maximum Gasteiger partial charge on any atom is 0.289 e. The maximum atomic E-state index is 13.7. The molecule has 8 heteroatoms. The van der Waals surface area contributed by atoms with Crippen LogP contribution in [-0.4, -0.2) is 72.7 Å². The van der Waals surface area contributed by atoms with Crippen molar-refractivity contribution in [3.05, 3.63) is 83.8 Å². The molecule has 3 aliphatic heterocycles. The Morgan fingerprint density at radius 1 is 1.00 bits per heavy atom. The number of benzene rings is 2. The fourth-order valence-corrected chi connectivity index (χ4v) is 5.61. The van der Waals surface area contributed by atoms with Crippen molar-refractivity contribution in [2.24, 2.45) is 4.99 Å². The van der Waals surface area contributed by atoms with Gasteiger partial charge in [0.25, 0.3) is 11.8 Å². The predicted octanol–water partition coefficient (Wildman–Crippen LogP) is 4.39. The molecule has 1 fully saturated rings. The summed E-state index contributed by atoms with van der Waals surface area (Å²) in [5, 5.41) is 0. The summed E-state index contributed by atoms with van der Waals surface area (Å²) in [5.74, 6) is 0.974. The molecule has 0 N–H and O–H groups in total. The van der Waals surface area contributed by atoms with Crippen molar-refractivity contribution in [3.63, 3.8) is 0 Å². The van der Waals surface area contributed by atoms with Gasteiger partial charge in [-0.05, 0) is 55.8 Å². The topological polar surface area (TPSA) is 78.6 Å². The number of para-hydroxylation sites is 1. The first kappa shape index (κ1) is 24.2. The van der Waals surface area contributed by atoms with Gasteiger partial charge in [-0.3, -0.25) is 19.4 Å². The van der Waals surface area contributed by atoms with Crippen LogP contribution >= 0.6 is 0 Å². The molecule has 6 rings (SSSR count). The zero-order valence-electron chi connectivity index (χ0n) is 21.8. The van der Waals surface area contributed by atoms with Gasteiger partial charge in [0.2, 0.25) is 0 Å². The Labute approximate surface area is 221 Å². The van der Waals surface area contributed by atoms with E-state index in [0.29, 0.717) is 30.2 Å². The van der Waals surface area contributed by atoms with Crippen molar-refractivity contribution in [1.29, 1.82) is 0 Å². The van der Waals surface area contributed by atoms with Crippen LogP contribution in [0.1, 0.15) is 35.5 Å². The molecule has 0 aliphatic carbocycles. The molecule has 2 amide bonds. The largest absolute Gasteiger partial charge is 0.497 e. The van der Waals surface area contributed by atoms with E-state index in [9.17, 15) is 9.59 Å². The number of ether oxygens (including phenoxy) is 1. The molecule has 3 aromatic rings. The van der Waals surface area contributed by atoms with Crippen LogP contribution in [0.4, 0.5) is 11.4 Å². The standard InChI is InChI=1S/C30H30N4O4/c1-30(2)18-20(19-32-13-15-33(16-14-32)28(35)25-8-5-17-38-25)23-6-4-7-24-26(29(36)34(30)27(23)24)31-21-9-11-22(37-3)12-10-21/h4-12,17-18H,13-16,19H2,1-3H3. The number of anilines is 1. The monoisotopic (exact) mass is 510 g/mol. The predicted molar refractivity (Wildman–Crippen MR) is 146 cm³/mol. The first-order valence-corrected chi connectivity index (χ1v) is 12.8.